The molecule has 0 fully saturated rings. The quantitative estimate of drug-likeness (QED) is 0.723. The van der Waals surface area contributed by atoms with E-state index < -0.39 is 24.4 Å². The Labute approximate surface area is 170 Å². The first-order valence-electron chi connectivity index (χ1n) is 9.34. The number of nitrogens with one attached hydrogen (secondary N) is 1. The summed E-state index contributed by atoms with van der Waals surface area (Å²) in [7, 11) is 0. The average molecular weight is 416 g/mol. The molecule has 1 aromatic carbocycles. The molecule has 1 aliphatic carbocycles. The predicted molar refractivity (Wildman–Crippen MR) is 106 cm³/mol. The Morgan fingerprint density at radius 2 is 1.86 bits per heavy atom. The van der Waals surface area contributed by atoms with E-state index in [1.807, 2.05) is 0 Å². The van der Waals surface area contributed by atoms with Gasteiger partial charge in [0.2, 0.25) is 0 Å². The molecule has 2 aromatic rings. The van der Waals surface area contributed by atoms with Crippen LogP contribution in [0.15, 0.2) is 18.2 Å². The van der Waals surface area contributed by atoms with Crippen molar-refractivity contribution in [1.29, 1.82) is 0 Å². The molecule has 0 saturated heterocycles. The number of amides is 2. The molecule has 4 rings (SSSR count). The molecule has 1 aromatic heterocycles. The molecule has 3 N–H and O–H groups in total. The van der Waals surface area contributed by atoms with Crippen molar-refractivity contribution in [2.45, 2.75) is 25.7 Å². The number of carbonyl (C=O) groups excluding carboxylic acids is 3. The summed E-state index contributed by atoms with van der Waals surface area (Å²) in [5, 5.41) is 3.08. The van der Waals surface area contributed by atoms with Gasteiger partial charge in [0, 0.05) is 4.88 Å². The van der Waals surface area contributed by atoms with Crippen LogP contribution in [-0.4, -0.2) is 37.6 Å². The van der Waals surface area contributed by atoms with Gasteiger partial charge in [0.15, 0.2) is 18.1 Å². The van der Waals surface area contributed by atoms with Gasteiger partial charge in [-0.15, -0.1) is 11.3 Å². The highest BCUT2D eigenvalue weighted by molar-refractivity contribution is 7.17. The monoisotopic (exact) mass is 416 g/mol. The molecule has 29 heavy (non-hydrogen) atoms. The Kier molecular flexibility index (Phi) is 5.39. The lowest BCUT2D eigenvalue weighted by molar-refractivity contribution is -0.119. The number of carbonyl (C=O) groups is 3. The Bertz CT molecular complexity index is 984. The van der Waals surface area contributed by atoms with Gasteiger partial charge in [-0.25, -0.2) is 4.79 Å². The van der Waals surface area contributed by atoms with Gasteiger partial charge in [-0.05, 0) is 49.4 Å². The third-order valence-electron chi connectivity index (χ3n) is 4.78. The highest BCUT2D eigenvalue weighted by Gasteiger charge is 2.25. The van der Waals surface area contributed by atoms with Crippen LogP contribution in [0.25, 0.3) is 0 Å². The summed E-state index contributed by atoms with van der Waals surface area (Å²) in [4.78, 5) is 37.5. The van der Waals surface area contributed by atoms with Crippen LogP contribution in [0.1, 0.15) is 44.0 Å². The topological polar surface area (TPSA) is 117 Å². The first-order valence-corrected chi connectivity index (χ1v) is 10.2. The second kappa shape index (κ2) is 8.12. The van der Waals surface area contributed by atoms with Crippen LogP contribution in [-0.2, 0) is 22.4 Å². The molecular formula is C20H20N2O6S. The van der Waals surface area contributed by atoms with E-state index in [-0.39, 0.29) is 5.56 Å². The number of esters is 1. The Balaban J connectivity index is 1.40. The average Bonchev–Trinajstić information content (AvgIpc) is 3.09. The summed E-state index contributed by atoms with van der Waals surface area (Å²) < 4.78 is 15.9. The number of rotatable bonds is 5. The molecular weight excluding hydrogens is 396 g/mol. The fourth-order valence-electron chi connectivity index (χ4n) is 3.46. The standard InChI is InChI=1S/C20H20N2O6S/c21-18(24)17-12-3-1-2-4-15(12)29-19(17)22-16(23)10-28-20(25)11-5-6-13-14(9-11)27-8-7-26-13/h5-6,9H,1-4,7-8,10H2,(H2,21,24)(H,22,23). The Hall–Kier alpha value is -3.07. The van der Waals surface area contributed by atoms with Crippen LogP contribution < -0.4 is 20.5 Å². The van der Waals surface area contributed by atoms with E-state index in [0.29, 0.717) is 35.3 Å². The van der Waals surface area contributed by atoms with Crippen molar-refractivity contribution < 1.29 is 28.6 Å². The summed E-state index contributed by atoms with van der Waals surface area (Å²) in [5.41, 5.74) is 7.08. The maximum atomic E-state index is 12.3. The van der Waals surface area contributed by atoms with Crippen molar-refractivity contribution >= 4 is 34.1 Å². The number of hydrogen-bond donors (Lipinski definition) is 2. The number of hydrogen-bond acceptors (Lipinski definition) is 7. The number of ether oxygens (including phenoxy) is 3. The van der Waals surface area contributed by atoms with Gasteiger partial charge in [-0.2, -0.15) is 0 Å². The van der Waals surface area contributed by atoms with Gasteiger partial charge >= 0.3 is 5.97 Å². The molecule has 0 atom stereocenters. The van der Waals surface area contributed by atoms with E-state index in [1.165, 1.54) is 17.4 Å². The van der Waals surface area contributed by atoms with Crippen molar-refractivity contribution in [3.05, 3.63) is 39.8 Å². The van der Waals surface area contributed by atoms with Gasteiger partial charge in [0.05, 0.1) is 11.1 Å². The lowest BCUT2D eigenvalue weighted by Crippen LogP contribution is -2.23. The zero-order chi connectivity index (χ0) is 20.4. The minimum atomic E-state index is -0.655. The SMILES string of the molecule is NC(=O)c1c(NC(=O)COC(=O)c2ccc3c(c2)OCCO3)sc2c1CCCC2. The number of thiophene rings is 1. The molecule has 2 heterocycles. The van der Waals surface area contributed by atoms with E-state index in [9.17, 15) is 14.4 Å². The fraction of sp³-hybridized carbons (Fsp3) is 0.350. The van der Waals surface area contributed by atoms with Crippen LogP contribution in [0.5, 0.6) is 11.5 Å². The van der Waals surface area contributed by atoms with E-state index in [0.717, 1.165) is 36.1 Å². The van der Waals surface area contributed by atoms with Crippen molar-refractivity contribution in [1.82, 2.24) is 0 Å². The van der Waals surface area contributed by atoms with Crippen molar-refractivity contribution in [3.8, 4) is 11.5 Å². The van der Waals surface area contributed by atoms with Gasteiger partial charge in [-0.1, -0.05) is 0 Å². The molecule has 0 spiro atoms. The largest absolute Gasteiger partial charge is 0.486 e. The van der Waals surface area contributed by atoms with E-state index >= 15 is 0 Å². The molecule has 0 radical (unpaired) electrons. The van der Waals surface area contributed by atoms with Crippen LogP contribution in [0.3, 0.4) is 0 Å². The lowest BCUT2D eigenvalue weighted by atomic mass is 9.95. The third kappa shape index (κ3) is 4.04. The van der Waals surface area contributed by atoms with Gasteiger partial charge < -0.3 is 25.3 Å². The van der Waals surface area contributed by atoms with Crippen molar-refractivity contribution in [2.75, 3.05) is 25.1 Å². The number of anilines is 1. The summed E-state index contributed by atoms with van der Waals surface area (Å²) in [6.07, 6.45) is 3.69. The summed E-state index contributed by atoms with van der Waals surface area (Å²) in [6.45, 7) is 0.380. The third-order valence-corrected chi connectivity index (χ3v) is 5.99. The van der Waals surface area contributed by atoms with Crippen LogP contribution in [0.4, 0.5) is 5.00 Å². The minimum Gasteiger partial charge on any atom is -0.486 e. The van der Waals surface area contributed by atoms with Crippen LogP contribution >= 0.6 is 11.3 Å². The molecule has 0 unspecified atom stereocenters. The maximum absolute atomic E-state index is 12.3. The fourth-order valence-corrected chi connectivity index (χ4v) is 4.77. The summed E-state index contributed by atoms with van der Waals surface area (Å²) in [6, 6.07) is 4.69. The number of nitrogens with two attached hydrogens (primary N) is 1. The normalized spacial score (nSPS) is 14.6. The van der Waals surface area contributed by atoms with Crippen molar-refractivity contribution in [2.24, 2.45) is 5.73 Å². The second-order valence-corrected chi connectivity index (χ2v) is 7.87. The van der Waals surface area contributed by atoms with Gasteiger partial charge in [0.1, 0.15) is 18.2 Å². The van der Waals surface area contributed by atoms with Crippen molar-refractivity contribution in [3.63, 3.8) is 0 Å². The smallest absolute Gasteiger partial charge is 0.338 e. The maximum Gasteiger partial charge on any atom is 0.338 e. The first-order chi connectivity index (χ1) is 14.0. The molecule has 0 bridgehead atoms. The lowest BCUT2D eigenvalue weighted by Gasteiger charge is -2.18. The van der Waals surface area contributed by atoms with Gasteiger partial charge in [-0.3, -0.25) is 9.59 Å². The highest BCUT2D eigenvalue weighted by atomic mass is 32.1. The first kappa shape index (κ1) is 19.3. The number of primary amides is 1. The number of benzene rings is 1. The Morgan fingerprint density at radius 3 is 2.66 bits per heavy atom. The molecule has 1 aliphatic heterocycles. The van der Waals surface area contributed by atoms with E-state index in [2.05, 4.69) is 5.32 Å². The number of fused-ring (bicyclic) bond motifs is 2. The van der Waals surface area contributed by atoms with Gasteiger partial charge in [0.25, 0.3) is 11.8 Å². The Morgan fingerprint density at radius 1 is 1.10 bits per heavy atom. The number of aryl methyl sites for hydroxylation is 1. The van der Waals surface area contributed by atoms with E-state index in [4.69, 9.17) is 19.9 Å². The molecule has 2 aliphatic rings. The molecule has 8 nitrogen and oxygen atoms in total. The molecule has 152 valence electrons. The molecule has 9 heteroatoms. The molecule has 0 saturated carbocycles. The van der Waals surface area contributed by atoms with Crippen LogP contribution in [0.2, 0.25) is 0 Å². The zero-order valence-electron chi connectivity index (χ0n) is 15.6. The predicted octanol–water partition coefficient (Wildman–Crippen LogP) is 2.29. The van der Waals surface area contributed by atoms with E-state index in [1.54, 1.807) is 12.1 Å². The summed E-state index contributed by atoms with van der Waals surface area (Å²) in [5.74, 6) is -0.723. The molecule has 2 amide bonds. The summed E-state index contributed by atoms with van der Waals surface area (Å²) >= 11 is 1.36. The highest BCUT2D eigenvalue weighted by Crippen LogP contribution is 2.38. The minimum absolute atomic E-state index is 0.256. The van der Waals surface area contributed by atoms with Crippen LogP contribution in [0, 0.1) is 0 Å². The zero-order valence-corrected chi connectivity index (χ0v) is 16.4. The second-order valence-electron chi connectivity index (χ2n) is 6.76.